The van der Waals surface area contributed by atoms with Gasteiger partial charge in [0.05, 0.1) is 12.6 Å². The van der Waals surface area contributed by atoms with Gasteiger partial charge >= 0.3 is 5.97 Å². The molecule has 0 unspecified atom stereocenters. The van der Waals surface area contributed by atoms with Crippen LogP contribution in [-0.2, 0) is 9.59 Å². The molecule has 0 bridgehead atoms. The van der Waals surface area contributed by atoms with E-state index in [1.54, 1.807) is 6.92 Å². The quantitative estimate of drug-likeness (QED) is 0.412. The van der Waals surface area contributed by atoms with E-state index in [1.807, 2.05) is 0 Å². The van der Waals surface area contributed by atoms with E-state index in [1.165, 1.54) is 0 Å². The van der Waals surface area contributed by atoms with Crippen molar-refractivity contribution < 1.29 is 19.8 Å². The average Bonchev–Trinajstić information content (AvgIpc) is 2.11. The summed E-state index contributed by atoms with van der Waals surface area (Å²) in [7, 11) is 0. The summed E-state index contributed by atoms with van der Waals surface area (Å²) in [5, 5.41) is 19.1. The lowest BCUT2D eigenvalue weighted by atomic mass is 10.2. The predicted molar refractivity (Wildman–Crippen MR) is 44.9 cm³/mol. The second-order valence-corrected chi connectivity index (χ2v) is 2.60. The third kappa shape index (κ3) is 3.86. The number of carbonyl (C=O) groups is 2. The number of carboxylic acids is 1. The lowest BCUT2D eigenvalue weighted by molar-refractivity contribution is -0.143. The molecular weight excluding hydrogens is 176 g/mol. The Labute approximate surface area is 75.7 Å². The van der Waals surface area contributed by atoms with Gasteiger partial charge < -0.3 is 21.3 Å². The van der Waals surface area contributed by atoms with Gasteiger partial charge in [0.2, 0.25) is 5.91 Å². The van der Waals surface area contributed by atoms with Gasteiger partial charge in [0.15, 0.2) is 0 Å². The molecule has 0 aliphatic heterocycles. The maximum atomic E-state index is 11.0. The first kappa shape index (κ1) is 11.9. The highest BCUT2D eigenvalue weighted by atomic mass is 16.4. The van der Waals surface area contributed by atoms with E-state index in [0.717, 1.165) is 0 Å². The molecule has 6 nitrogen and oxygen atoms in total. The van der Waals surface area contributed by atoms with E-state index in [4.69, 9.17) is 15.9 Å². The second-order valence-electron chi connectivity index (χ2n) is 2.60. The Hall–Kier alpha value is -1.14. The fourth-order valence-corrected chi connectivity index (χ4v) is 0.650. The predicted octanol–water partition coefficient (Wildman–Crippen LogP) is -1.71. The van der Waals surface area contributed by atoms with E-state index in [2.05, 4.69) is 5.32 Å². The fourth-order valence-electron chi connectivity index (χ4n) is 0.650. The molecule has 1 amide bonds. The minimum Gasteiger partial charge on any atom is -0.480 e. The molecule has 0 aromatic heterocycles. The van der Waals surface area contributed by atoms with Crippen molar-refractivity contribution in [2.75, 3.05) is 6.61 Å². The fraction of sp³-hybridized carbons (Fsp3) is 0.714. The van der Waals surface area contributed by atoms with Crippen LogP contribution in [0.1, 0.15) is 13.3 Å². The Balaban J connectivity index is 4.09. The van der Waals surface area contributed by atoms with Crippen LogP contribution in [0.15, 0.2) is 0 Å². The van der Waals surface area contributed by atoms with Gasteiger partial charge in [-0.3, -0.25) is 4.79 Å². The van der Waals surface area contributed by atoms with E-state index in [-0.39, 0.29) is 0 Å². The van der Waals surface area contributed by atoms with Crippen LogP contribution in [0.5, 0.6) is 0 Å². The SMILES string of the molecule is CC[C@@H](N)C(=O)N[C@H](CO)C(=O)O. The largest absolute Gasteiger partial charge is 0.480 e. The van der Waals surface area contributed by atoms with Gasteiger partial charge in [0.25, 0.3) is 0 Å². The summed E-state index contributed by atoms with van der Waals surface area (Å²) in [4.78, 5) is 21.4. The van der Waals surface area contributed by atoms with Crippen LogP contribution in [0.25, 0.3) is 0 Å². The topological polar surface area (TPSA) is 113 Å². The first-order valence-corrected chi connectivity index (χ1v) is 3.92. The Morgan fingerprint density at radius 3 is 2.38 bits per heavy atom. The van der Waals surface area contributed by atoms with E-state index < -0.39 is 30.6 Å². The molecule has 0 radical (unpaired) electrons. The van der Waals surface area contributed by atoms with Gasteiger partial charge in [-0.1, -0.05) is 6.92 Å². The number of aliphatic hydroxyl groups excluding tert-OH is 1. The highest BCUT2D eigenvalue weighted by molar-refractivity contribution is 5.86. The molecule has 0 spiro atoms. The van der Waals surface area contributed by atoms with Gasteiger partial charge in [0.1, 0.15) is 6.04 Å². The van der Waals surface area contributed by atoms with Crippen LogP contribution >= 0.6 is 0 Å². The average molecular weight is 190 g/mol. The molecule has 0 aromatic carbocycles. The number of hydrogen-bond acceptors (Lipinski definition) is 4. The van der Waals surface area contributed by atoms with Gasteiger partial charge in [0, 0.05) is 0 Å². The van der Waals surface area contributed by atoms with Crippen molar-refractivity contribution in [3.8, 4) is 0 Å². The van der Waals surface area contributed by atoms with Crippen LogP contribution < -0.4 is 11.1 Å². The van der Waals surface area contributed by atoms with Crippen LogP contribution in [-0.4, -0.2) is 40.8 Å². The summed E-state index contributed by atoms with van der Waals surface area (Å²) < 4.78 is 0. The normalized spacial score (nSPS) is 14.7. The number of aliphatic carboxylic acids is 1. The number of nitrogens with two attached hydrogens (primary N) is 1. The molecule has 0 rings (SSSR count). The Bertz CT molecular complexity index is 195. The van der Waals surface area contributed by atoms with Gasteiger partial charge in [-0.15, -0.1) is 0 Å². The number of carbonyl (C=O) groups excluding carboxylic acids is 1. The van der Waals surface area contributed by atoms with Gasteiger partial charge in [-0.2, -0.15) is 0 Å². The zero-order valence-electron chi connectivity index (χ0n) is 7.36. The summed E-state index contributed by atoms with van der Waals surface area (Å²) in [6, 6.07) is -2.00. The van der Waals surface area contributed by atoms with Gasteiger partial charge in [-0.25, -0.2) is 4.79 Å². The van der Waals surface area contributed by atoms with Crippen molar-refractivity contribution in [3.63, 3.8) is 0 Å². The van der Waals surface area contributed by atoms with Gasteiger partial charge in [-0.05, 0) is 6.42 Å². The van der Waals surface area contributed by atoms with Crippen molar-refractivity contribution in [3.05, 3.63) is 0 Å². The zero-order chi connectivity index (χ0) is 10.4. The monoisotopic (exact) mass is 190 g/mol. The lowest BCUT2D eigenvalue weighted by Gasteiger charge is -2.14. The number of aliphatic hydroxyl groups is 1. The molecule has 0 saturated heterocycles. The molecule has 0 saturated carbocycles. The Morgan fingerprint density at radius 1 is 1.54 bits per heavy atom. The third-order valence-corrected chi connectivity index (χ3v) is 1.57. The Morgan fingerprint density at radius 2 is 2.08 bits per heavy atom. The highest BCUT2D eigenvalue weighted by Crippen LogP contribution is 1.89. The number of carboxylic acid groups (broad SMARTS) is 1. The van der Waals surface area contributed by atoms with Crippen molar-refractivity contribution in [2.45, 2.75) is 25.4 Å². The molecule has 76 valence electrons. The maximum Gasteiger partial charge on any atom is 0.328 e. The number of hydrogen-bond donors (Lipinski definition) is 4. The van der Waals surface area contributed by atoms with Crippen LogP contribution in [0.3, 0.4) is 0 Å². The molecule has 5 N–H and O–H groups in total. The van der Waals surface area contributed by atoms with Crippen molar-refractivity contribution >= 4 is 11.9 Å². The number of rotatable bonds is 5. The number of nitrogens with one attached hydrogen (secondary N) is 1. The summed E-state index contributed by atoms with van der Waals surface area (Å²) in [6.07, 6.45) is 0.420. The van der Waals surface area contributed by atoms with Crippen LogP contribution in [0.2, 0.25) is 0 Å². The van der Waals surface area contributed by atoms with E-state index in [0.29, 0.717) is 6.42 Å². The zero-order valence-corrected chi connectivity index (χ0v) is 7.36. The molecule has 0 fully saturated rings. The maximum absolute atomic E-state index is 11.0. The third-order valence-electron chi connectivity index (χ3n) is 1.57. The molecule has 0 heterocycles. The van der Waals surface area contributed by atoms with Crippen molar-refractivity contribution in [1.82, 2.24) is 5.32 Å². The summed E-state index contributed by atoms with van der Waals surface area (Å²) in [6.45, 7) is 1.07. The molecule has 6 heteroatoms. The first-order valence-electron chi connectivity index (χ1n) is 3.92. The molecule has 2 atom stereocenters. The Kier molecular flexibility index (Phi) is 5.01. The minimum absolute atomic E-state index is 0.420. The molecule has 0 aliphatic rings. The number of amides is 1. The standard InChI is InChI=1S/C7H14N2O4/c1-2-4(8)6(11)9-5(3-10)7(12)13/h4-5,10H,2-3,8H2,1H3,(H,9,11)(H,12,13)/t4-,5-/m1/s1. The molecule has 0 aliphatic carbocycles. The second kappa shape index (κ2) is 5.50. The molecule has 0 aromatic rings. The summed E-state index contributed by atoms with van der Waals surface area (Å²) in [5.41, 5.74) is 5.33. The van der Waals surface area contributed by atoms with Crippen LogP contribution in [0.4, 0.5) is 0 Å². The van der Waals surface area contributed by atoms with E-state index in [9.17, 15) is 9.59 Å². The van der Waals surface area contributed by atoms with Crippen molar-refractivity contribution in [1.29, 1.82) is 0 Å². The molecule has 13 heavy (non-hydrogen) atoms. The first-order chi connectivity index (χ1) is 6.02. The summed E-state index contributed by atoms with van der Waals surface area (Å²) in [5.74, 6) is -1.84. The molecular formula is C7H14N2O4. The van der Waals surface area contributed by atoms with Crippen LogP contribution in [0, 0.1) is 0 Å². The van der Waals surface area contributed by atoms with E-state index >= 15 is 0 Å². The lowest BCUT2D eigenvalue weighted by Crippen LogP contribution is -2.49. The minimum atomic E-state index is -1.28. The smallest absolute Gasteiger partial charge is 0.328 e. The summed E-state index contributed by atoms with van der Waals surface area (Å²) >= 11 is 0. The highest BCUT2D eigenvalue weighted by Gasteiger charge is 2.21. The van der Waals surface area contributed by atoms with Crippen molar-refractivity contribution in [2.24, 2.45) is 5.73 Å².